The summed E-state index contributed by atoms with van der Waals surface area (Å²) >= 11 is 0. The largest absolute Gasteiger partial charge is 0.487 e. The van der Waals surface area contributed by atoms with Gasteiger partial charge in [0, 0.05) is 17.5 Å². The molecule has 3 rings (SSSR count). The molecule has 0 aliphatic heterocycles. The van der Waals surface area contributed by atoms with Crippen LogP contribution in [0.5, 0.6) is 5.75 Å². The van der Waals surface area contributed by atoms with E-state index in [2.05, 4.69) is 11.9 Å². The van der Waals surface area contributed by atoms with Crippen LogP contribution in [0.25, 0.3) is 11.5 Å². The molecule has 3 aromatic rings. The second kappa shape index (κ2) is 7.59. The third-order valence-electron chi connectivity index (χ3n) is 3.67. The van der Waals surface area contributed by atoms with Crippen molar-refractivity contribution in [2.45, 2.75) is 26.4 Å². The maximum atomic E-state index is 10.7. The number of benzene rings is 2. The number of hydrogen-bond donors (Lipinski definition) is 0. The van der Waals surface area contributed by atoms with Gasteiger partial charge in [-0.05, 0) is 42.8 Å². The summed E-state index contributed by atoms with van der Waals surface area (Å²) in [7, 11) is 0. The maximum Gasteiger partial charge on any atom is 0.226 e. The van der Waals surface area contributed by atoms with E-state index in [-0.39, 0.29) is 0 Å². The molecule has 1 heterocycles. The van der Waals surface area contributed by atoms with E-state index in [0.29, 0.717) is 23.8 Å². The minimum Gasteiger partial charge on any atom is -0.487 e. The van der Waals surface area contributed by atoms with Gasteiger partial charge in [-0.3, -0.25) is 4.79 Å². The van der Waals surface area contributed by atoms with Crippen LogP contribution >= 0.6 is 0 Å². The van der Waals surface area contributed by atoms with Crippen molar-refractivity contribution in [1.29, 1.82) is 0 Å². The first kappa shape index (κ1) is 16.0. The van der Waals surface area contributed by atoms with Crippen LogP contribution in [-0.4, -0.2) is 11.3 Å². The van der Waals surface area contributed by atoms with Crippen molar-refractivity contribution in [3.8, 4) is 17.2 Å². The molecular weight excluding hydrogens is 302 g/mol. The highest BCUT2D eigenvalue weighted by molar-refractivity contribution is 5.74. The fourth-order valence-electron chi connectivity index (χ4n) is 2.42. The second-order valence-corrected chi connectivity index (χ2v) is 5.48. The van der Waals surface area contributed by atoms with Crippen molar-refractivity contribution in [2.24, 2.45) is 0 Å². The third kappa shape index (κ3) is 3.71. The minimum absolute atomic E-state index is 0.339. The van der Waals surface area contributed by atoms with Gasteiger partial charge >= 0.3 is 0 Å². The predicted molar refractivity (Wildman–Crippen MR) is 92.1 cm³/mol. The van der Waals surface area contributed by atoms with E-state index >= 15 is 0 Å². The SMILES string of the molecule is CCCc1oc(-c2ccccc2)nc1COc1ccc(C=O)cc1. The van der Waals surface area contributed by atoms with Crippen molar-refractivity contribution >= 4 is 6.29 Å². The highest BCUT2D eigenvalue weighted by Gasteiger charge is 2.14. The summed E-state index contributed by atoms with van der Waals surface area (Å²) in [4.78, 5) is 15.3. The van der Waals surface area contributed by atoms with Gasteiger partial charge in [0.05, 0.1) is 0 Å². The zero-order chi connectivity index (χ0) is 16.8. The molecule has 0 saturated carbocycles. The van der Waals surface area contributed by atoms with Crippen molar-refractivity contribution in [1.82, 2.24) is 4.98 Å². The summed E-state index contributed by atoms with van der Waals surface area (Å²) in [5.74, 6) is 2.18. The van der Waals surface area contributed by atoms with Crippen LogP contribution in [0.2, 0.25) is 0 Å². The van der Waals surface area contributed by atoms with Crippen molar-refractivity contribution in [3.63, 3.8) is 0 Å². The fraction of sp³-hybridized carbons (Fsp3) is 0.200. The average molecular weight is 321 g/mol. The smallest absolute Gasteiger partial charge is 0.226 e. The lowest BCUT2D eigenvalue weighted by atomic mass is 10.2. The Hall–Kier alpha value is -2.88. The number of oxazole rings is 1. The van der Waals surface area contributed by atoms with Crippen LogP contribution < -0.4 is 4.74 Å². The van der Waals surface area contributed by atoms with Gasteiger partial charge in [0.1, 0.15) is 30.1 Å². The average Bonchev–Trinajstić information content (AvgIpc) is 3.04. The van der Waals surface area contributed by atoms with Gasteiger partial charge in [0.15, 0.2) is 0 Å². The molecule has 1 aromatic heterocycles. The normalized spacial score (nSPS) is 10.5. The number of nitrogens with zero attached hydrogens (tertiary/aromatic N) is 1. The van der Waals surface area contributed by atoms with E-state index < -0.39 is 0 Å². The molecule has 4 heteroatoms. The molecule has 0 spiro atoms. The molecule has 0 aliphatic rings. The standard InChI is InChI=1S/C20H19NO3/c1-2-6-19-18(14-23-17-11-9-15(13-22)10-12-17)21-20(24-19)16-7-4-3-5-8-16/h3-5,7-13H,2,6,14H2,1H3. The van der Waals surface area contributed by atoms with Crippen LogP contribution in [-0.2, 0) is 13.0 Å². The number of rotatable bonds is 7. The van der Waals surface area contributed by atoms with Crippen LogP contribution in [0.15, 0.2) is 59.0 Å². The van der Waals surface area contributed by atoms with Gasteiger partial charge in [-0.1, -0.05) is 25.1 Å². The van der Waals surface area contributed by atoms with E-state index in [4.69, 9.17) is 9.15 Å². The van der Waals surface area contributed by atoms with Gasteiger partial charge in [-0.25, -0.2) is 4.98 Å². The Kier molecular flexibility index (Phi) is 5.06. The van der Waals surface area contributed by atoms with Crippen molar-refractivity contribution < 1.29 is 13.9 Å². The number of carbonyl (C=O) groups excluding carboxylic acids is 1. The van der Waals surface area contributed by atoms with Crippen molar-refractivity contribution in [2.75, 3.05) is 0 Å². The summed E-state index contributed by atoms with van der Waals surface area (Å²) in [6, 6.07) is 16.9. The first-order valence-electron chi connectivity index (χ1n) is 8.02. The minimum atomic E-state index is 0.339. The molecule has 0 atom stereocenters. The number of aldehydes is 1. The van der Waals surface area contributed by atoms with E-state index in [1.165, 1.54) is 0 Å². The van der Waals surface area contributed by atoms with Gasteiger partial charge in [0.25, 0.3) is 0 Å². The predicted octanol–water partition coefficient (Wildman–Crippen LogP) is 4.69. The quantitative estimate of drug-likeness (QED) is 0.593. The molecule has 4 nitrogen and oxygen atoms in total. The molecular formula is C20H19NO3. The van der Waals surface area contributed by atoms with E-state index in [1.54, 1.807) is 24.3 Å². The highest BCUT2D eigenvalue weighted by atomic mass is 16.5. The molecule has 0 unspecified atom stereocenters. The van der Waals surface area contributed by atoms with E-state index in [1.807, 2.05) is 30.3 Å². The van der Waals surface area contributed by atoms with Crippen molar-refractivity contribution in [3.05, 3.63) is 71.6 Å². The van der Waals surface area contributed by atoms with Crippen LogP contribution in [0.1, 0.15) is 35.2 Å². The van der Waals surface area contributed by atoms with E-state index in [0.717, 1.165) is 36.1 Å². The zero-order valence-electron chi connectivity index (χ0n) is 13.6. The summed E-state index contributed by atoms with van der Waals surface area (Å²) in [5, 5.41) is 0. The lowest BCUT2D eigenvalue weighted by Gasteiger charge is -2.05. The topological polar surface area (TPSA) is 52.3 Å². The summed E-state index contributed by atoms with van der Waals surface area (Å²) in [5.41, 5.74) is 2.40. The van der Waals surface area contributed by atoms with E-state index in [9.17, 15) is 4.79 Å². The molecule has 0 amide bonds. The molecule has 0 radical (unpaired) electrons. The Labute approximate surface area is 141 Å². The molecule has 0 fully saturated rings. The Balaban J connectivity index is 1.78. The summed E-state index contributed by atoms with van der Waals surface area (Å²) < 4.78 is 11.7. The first-order valence-corrected chi connectivity index (χ1v) is 8.02. The number of aromatic nitrogens is 1. The number of hydrogen-bond acceptors (Lipinski definition) is 4. The molecule has 122 valence electrons. The van der Waals surface area contributed by atoms with Gasteiger partial charge in [0.2, 0.25) is 5.89 Å². The second-order valence-electron chi connectivity index (χ2n) is 5.48. The Morgan fingerprint density at radius 2 is 1.83 bits per heavy atom. The summed E-state index contributed by atoms with van der Waals surface area (Å²) in [6.45, 7) is 2.44. The zero-order valence-corrected chi connectivity index (χ0v) is 13.6. The number of carbonyl (C=O) groups is 1. The van der Waals surface area contributed by atoms with Crippen LogP contribution in [0.4, 0.5) is 0 Å². The molecule has 0 N–H and O–H groups in total. The van der Waals surface area contributed by atoms with Crippen LogP contribution in [0, 0.1) is 0 Å². The fourth-order valence-corrected chi connectivity index (χ4v) is 2.42. The van der Waals surface area contributed by atoms with Crippen LogP contribution in [0.3, 0.4) is 0 Å². The summed E-state index contributed by atoms with van der Waals surface area (Å²) in [6.07, 6.45) is 2.61. The Morgan fingerprint density at radius 3 is 2.50 bits per heavy atom. The van der Waals surface area contributed by atoms with Gasteiger partial charge in [-0.15, -0.1) is 0 Å². The molecule has 24 heavy (non-hydrogen) atoms. The first-order chi connectivity index (χ1) is 11.8. The monoisotopic (exact) mass is 321 g/mol. The highest BCUT2D eigenvalue weighted by Crippen LogP contribution is 2.24. The van der Waals surface area contributed by atoms with Gasteiger partial charge < -0.3 is 9.15 Å². The molecule has 2 aromatic carbocycles. The maximum absolute atomic E-state index is 10.7. The number of aryl methyl sites for hydroxylation is 1. The molecule has 0 saturated heterocycles. The molecule has 0 aliphatic carbocycles. The van der Waals surface area contributed by atoms with Gasteiger partial charge in [-0.2, -0.15) is 0 Å². The lowest BCUT2D eigenvalue weighted by molar-refractivity contribution is 0.112. The molecule has 0 bridgehead atoms. The lowest BCUT2D eigenvalue weighted by Crippen LogP contribution is -1.99. The third-order valence-corrected chi connectivity index (χ3v) is 3.67. The Morgan fingerprint density at radius 1 is 1.08 bits per heavy atom. The number of ether oxygens (including phenoxy) is 1. The Bertz CT molecular complexity index is 792.